The van der Waals surface area contributed by atoms with Crippen LogP contribution in [-0.4, -0.2) is 17.1 Å². The van der Waals surface area contributed by atoms with E-state index in [1.54, 1.807) is 0 Å². The van der Waals surface area contributed by atoms with Crippen molar-refractivity contribution in [1.29, 1.82) is 0 Å². The molecule has 6 heteroatoms. The third-order valence-electron chi connectivity index (χ3n) is 2.06. The van der Waals surface area contributed by atoms with Gasteiger partial charge in [0.25, 0.3) is 5.92 Å². The van der Waals surface area contributed by atoms with E-state index in [2.05, 4.69) is 0 Å². The summed E-state index contributed by atoms with van der Waals surface area (Å²) in [6.45, 7) is 0. The van der Waals surface area contributed by atoms with Crippen LogP contribution in [0.15, 0.2) is 24.3 Å². The molecule has 0 amide bonds. The number of halogens is 3. The molecule has 0 aromatic heterocycles. The van der Waals surface area contributed by atoms with E-state index in [0.717, 1.165) is 6.07 Å². The molecule has 16 heavy (non-hydrogen) atoms. The van der Waals surface area contributed by atoms with Gasteiger partial charge in [-0.25, -0.2) is 8.78 Å². The average molecular weight is 250 g/mol. The lowest BCUT2D eigenvalue weighted by molar-refractivity contribution is -0.141. The van der Waals surface area contributed by atoms with Crippen LogP contribution in [0.25, 0.3) is 0 Å². The summed E-state index contributed by atoms with van der Waals surface area (Å²) in [6, 6.07) is 3.76. The van der Waals surface area contributed by atoms with Gasteiger partial charge in [0.2, 0.25) is 0 Å². The lowest BCUT2D eigenvalue weighted by atomic mass is 10.0. The molecule has 1 aromatic rings. The van der Waals surface area contributed by atoms with E-state index in [0.29, 0.717) is 0 Å². The van der Waals surface area contributed by atoms with Crippen LogP contribution in [0, 0.1) is 0 Å². The molecule has 1 atom stereocenters. The number of aliphatic carboxylic acids is 1. The van der Waals surface area contributed by atoms with Crippen molar-refractivity contribution in [2.24, 2.45) is 5.73 Å². The highest BCUT2D eigenvalue weighted by Gasteiger charge is 2.37. The number of hydrogen-bond acceptors (Lipinski definition) is 2. The predicted octanol–water partition coefficient (Wildman–Crippen LogP) is 2.23. The van der Waals surface area contributed by atoms with Crippen molar-refractivity contribution in [3.8, 4) is 0 Å². The summed E-state index contributed by atoms with van der Waals surface area (Å²) in [7, 11) is 0. The molecule has 0 aliphatic heterocycles. The minimum atomic E-state index is -3.35. The zero-order valence-corrected chi connectivity index (χ0v) is 8.92. The van der Waals surface area contributed by atoms with E-state index < -0.39 is 29.9 Å². The van der Waals surface area contributed by atoms with Gasteiger partial charge in [-0.3, -0.25) is 4.79 Å². The van der Waals surface area contributed by atoms with Crippen molar-refractivity contribution in [2.75, 3.05) is 0 Å². The van der Waals surface area contributed by atoms with Crippen LogP contribution in [-0.2, 0) is 10.7 Å². The topological polar surface area (TPSA) is 63.3 Å². The van der Waals surface area contributed by atoms with Crippen LogP contribution in [0.3, 0.4) is 0 Å². The van der Waals surface area contributed by atoms with Crippen molar-refractivity contribution in [2.45, 2.75) is 18.4 Å². The first-order chi connectivity index (χ1) is 7.34. The molecule has 0 aliphatic carbocycles. The van der Waals surface area contributed by atoms with E-state index in [1.165, 1.54) is 18.2 Å². The van der Waals surface area contributed by atoms with Crippen LogP contribution in [0.1, 0.15) is 12.0 Å². The van der Waals surface area contributed by atoms with E-state index in [4.69, 9.17) is 22.4 Å². The zero-order chi connectivity index (χ0) is 12.3. The Morgan fingerprint density at radius 3 is 2.56 bits per heavy atom. The van der Waals surface area contributed by atoms with Crippen LogP contribution in [0.4, 0.5) is 8.78 Å². The molecule has 0 bridgehead atoms. The van der Waals surface area contributed by atoms with Crippen molar-refractivity contribution < 1.29 is 18.7 Å². The molecule has 88 valence electrons. The maximum atomic E-state index is 13.6. The van der Waals surface area contributed by atoms with E-state index in [-0.39, 0.29) is 5.02 Å². The molecular formula is C10H10ClF2NO2. The molecule has 1 unspecified atom stereocenters. The van der Waals surface area contributed by atoms with Crippen molar-refractivity contribution in [1.82, 2.24) is 0 Å². The lowest BCUT2D eigenvalue weighted by Crippen LogP contribution is -2.35. The summed E-state index contributed by atoms with van der Waals surface area (Å²) >= 11 is 5.60. The van der Waals surface area contributed by atoms with E-state index in [1.807, 2.05) is 0 Å². The fraction of sp³-hybridized carbons (Fsp3) is 0.300. The van der Waals surface area contributed by atoms with Crippen LogP contribution in [0.5, 0.6) is 0 Å². The van der Waals surface area contributed by atoms with Gasteiger partial charge in [0.1, 0.15) is 6.04 Å². The first-order valence-electron chi connectivity index (χ1n) is 4.46. The largest absolute Gasteiger partial charge is 0.480 e. The normalized spacial score (nSPS) is 13.5. The van der Waals surface area contributed by atoms with Crippen molar-refractivity contribution in [3.63, 3.8) is 0 Å². The molecule has 0 saturated heterocycles. The van der Waals surface area contributed by atoms with Gasteiger partial charge in [0.15, 0.2) is 0 Å². The van der Waals surface area contributed by atoms with Gasteiger partial charge in [-0.2, -0.15) is 0 Å². The Bertz CT molecular complexity index is 398. The molecule has 0 radical (unpaired) electrons. The second-order valence-electron chi connectivity index (χ2n) is 3.33. The lowest BCUT2D eigenvalue weighted by Gasteiger charge is -2.19. The fourth-order valence-corrected chi connectivity index (χ4v) is 1.51. The second-order valence-corrected chi connectivity index (χ2v) is 3.74. The standard InChI is InChI=1S/C10H10ClF2NO2/c11-7-4-2-1-3-6(7)10(12,13)5-8(14)9(15)16/h1-4,8H,5,14H2,(H,15,16). The summed E-state index contributed by atoms with van der Waals surface area (Å²) in [4.78, 5) is 10.4. The summed E-state index contributed by atoms with van der Waals surface area (Å²) < 4.78 is 27.2. The molecule has 0 aliphatic rings. The van der Waals surface area contributed by atoms with Gasteiger partial charge in [0, 0.05) is 17.0 Å². The maximum Gasteiger partial charge on any atom is 0.320 e. The molecule has 3 nitrogen and oxygen atoms in total. The Morgan fingerprint density at radius 1 is 1.50 bits per heavy atom. The third-order valence-corrected chi connectivity index (χ3v) is 2.39. The zero-order valence-electron chi connectivity index (χ0n) is 8.16. The third kappa shape index (κ3) is 2.90. The highest BCUT2D eigenvalue weighted by molar-refractivity contribution is 6.31. The SMILES string of the molecule is NC(CC(F)(F)c1ccccc1Cl)C(=O)O. The van der Waals surface area contributed by atoms with Gasteiger partial charge < -0.3 is 10.8 Å². The molecule has 0 spiro atoms. The van der Waals surface area contributed by atoms with Crippen molar-refractivity contribution >= 4 is 17.6 Å². The molecular weight excluding hydrogens is 240 g/mol. The molecule has 0 fully saturated rings. The quantitative estimate of drug-likeness (QED) is 0.860. The fourth-order valence-electron chi connectivity index (χ4n) is 1.23. The summed E-state index contributed by atoms with van der Waals surface area (Å²) in [5.74, 6) is -4.82. The monoisotopic (exact) mass is 249 g/mol. The van der Waals surface area contributed by atoms with Crippen LogP contribution < -0.4 is 5.73 Å². The summed E-state index contributed by atoms with van der Waals surface area (Å²) in [6.07, 6.45) is -0.980. The van der Waals surface area contributed by atoms with Crippen LogP contribution >= 0.6 is 11.6 Å². The number of hydrogen-bond donors (Lipinski definition) is 2. The number of nitrogens with two attached hydrogens (primary N) is 1. The van der Waals surface area contributed by atoms with E-state index in [9.17, 15) is 13.6 Å². The first kappa shape index (κ1) is 12.9. The first-order valence-corrected chi connectivity index (χ1v) is 4.83. The highest BCUT2D eigenvalue weighted by atomic mass is 35.5. The Labute approximate surface area is 95.8 Å². The molecule has 0 saturated carbocycles. The minimum absolute atomic E-state index is 0.106. The number of rotatable bonds is 4. The number of carboxylic acid groups (broad SMARTS) is 1. The van der Waals surface area contributed by atoms with Crippen LogP contribution in [0.2, 0.25) is 5.02 Å². The van der Waals surface area contributed by atoms with E-state index >= 15 is 0 Å². The number of benzene rings is 1. The number of alkyl halides is 2. The van der Waals surface area contributed by atoms with Gasteiger partial charge in [0.05, 0.1) is 0 Å². The molecule has 1 aromatic carbocycles. The molecule has 0 heterocycles. The van der Waals surface area contributed by atoms with Gasteiger partial charge in [-0.05, 0) is 6.07 Å². The predicted molar refractivity (Wildman–Crippen MR) is 55.6 cm³/mol. The smallest absolute Gasteiger partial charge is 0.320 e. The Morgan fingerprint density at radius 2 is 2.06 bits per heavy atom. The molecule has 1 rings (SSSR count). The average Bonchev–Trinajstić information content (AvgIpc) is 2.17. The number of carboxylic acids is 1. The maximum absolute atomic E-state index is 13.6. The minimum Gasteiger partial charge on any atom is -0.480 e. The summed E-state index contributed by atoms with van der Waals surface area (Å²) in [5, 5.41) is 8.36. The van der Waals surface area contributed by atoms with Gasteiger partial charge in [-0.15, -0.1) is 0 Å². The van der Waals surface area contributed by atoms with Gasteiger partial charge >= 0.3 is 5.97 Å². The van der Waals surface area contributed by atoms with Crippen molar-refractivity contribution in [3.05, 3.63) is 34.9 Å². The number of carbonyl (C=O) groups is 1. The summed E-state index contributed by atoms with van der Waals surface area (Å²) in [5.41, 5.74) is 4.66. The Balaban J connectivity index is 2.94. The second kappa shape index (κ2) is 4.76. The molecule has 3 N–H and O–H groups in total. The Hall–Kier alpha value is -1.20. The highest BCUT2D eigenvalue weighted by Crippen LogP contribution is 2.36. The Kier molecular flexibility index (Phi) is 3.83. The van der Waals surface area contributed by atoms with Gasteiger partial charge in [-0.1, -0.05) is 29.8 Å².